The first-order valence-corrected chi connectivity index (χ1v) is 13.9. The van der Waals surface area contributed by atoms with Gasteiger partial charge in [-0.05, 0) is 60.5 Å². The molecule has 4 aromatic carbocycles. The summed E-state index contributed by atoms with van der Waals surface area (Å²) in [6.07, 6.45) is -1.23. The Morgan fingerprint density at radius 3 is 2.41 bits per heavy atom. The van der Waals surface area contributed by atoms with Gasteiger partial charge in [0.15, 0.2) is 17.6 Å². The normalized spacial score (nSPS) is 19.2. The first-order valence-electron chi connectivity index (χ1n) is 13.5. The number of carbonyl (C=O) groups excluding carboxylic acids is 3. The van der Waals surface area contributed by atoms with Crippen molar-refractivity contribution in [1.82, 2.24) is 0 Å². The lowest BCUT2D eigenvalue weighted by Gasteiger charge is -2.29. The van der Waals surface area contributed by atoms with Crippen molar-refractivity contribution in [3.05, 3.63) is 123 Å². The van der Waals surface area contributed by atoms with Crippen LogP contribution in [-0.2, 0) is 14.4 Å². The van der Waals surface area contributed by atoms with Gasteiger partial charge in [0.1, 0.15) is 5.92 Å². The number of rotatable bonds is 7. The average Bonchev–Trinajstić information content (AvgIpc) is 3.54. The van der Waals surface area contributed by atoms with Gasteiger partial charge in [-0.1, -0.05) is 48.0 Å². The van der Waals surface area contributed by atoms with E-state index in [4.69, 9.17) is 25.9 Å². The van der Waals surface area contributed by atoms with Crippen molar-refractivity contribution in [3.63, 3.8) is 0 Å². The summed E-state index contributed by atoms with van der Waals surface area (Å²) in [7, 11) is 1.40. The van der Waals surface area contributed by atoms with Crippen LogP contribution in [0, 0.1) is 23.0 Å². The largest absolute Gasteiger partial charge is 0.493 e. The highest BCUT2D eigenvalue weighted by molar-refractivity contribution is 6.32. The quantitative estimate of drug-likeness (QED) is 0.0830. The second-order valence-electron chi connectivity index (χ2n) is 10.2. The van der Waals surface area contributed by atoms with Crippen molar-refractivity contribution in [2.24, 2.45) is 5.92 Å². The van der Waals surface area contributed by atoms with Gasteiger partial charge in [-0.3, -0.25) is 24.5 Å². The molecular formula is C32H24ClN3O8. The number of ether oxygens (including phenoxy) is 2. The lowest BCUT2D eigenvalue weighted by Crippen LogP contribution is -2.37. The molecule has 0 aromatic heterocycles. The Labute approximate surface area is 256 Å². The van der Waals surface area contributed by atoms with Crippen molar-refractivity contribution in [2.75, 3.05) is 17.1 Å². The summed E-state index contributed by atoms with van der Waals surface area (Å²) in [5, 5.41) is 13.3. The number of imide groups is 1. The number of nitrogens with zero attached hydrogens (tertiary/aromatic N) is 3. The van der Waals surface area contributed by atoms with Crippen LogP contribution < -0.4 is 19.4 Å². The molecule has 222 valence electrons. The molecule has 11 nitrogen and oxygen atoms in total. The minimum absolute atomic E-state index is 0.132. The number of amides is 2. The minimum Gasteiger partial charge on any atom is -0.493 e. The molecule has 0 bridgehead atoms. The summed E-state index contributed by atoms with van der Waals surface area (Å²) in [5.41, 5.74) is 1.78. The van der Waals surface area contributed by atoms with Gasteiger partial charge < -0.3 is 9.47 Å². The maximum Gasteiger partial charge on any atom is 0.343 e. The smallest absolute Gasteiger partial charge is 0.343 e. The Bertz CT molecular complexity index is 1810. The number of halogens is 1. The van der Waals surface area contributed by atoms with E-state index in [0.717, 1.165) is 4.90 Å². The van der Waals surface area contributed by atoms with Gasteiger partial charge in [-0.15, -0.1) is 0 Å². The van der Waals surface area contributed by atoms with Crippen LogP contribution in [0.25, 0.3) is 0 Å². The zero-order valence-electron chi connectivity index (χ0n) is 23.4. The van der Waals surface area contributed by atoms with Gasteiger partial charge in [-0.2, -0.15) is 0 Å². The number of hydrogen-bond acceptors (Lipinski definition) is 9. The molecule has 2 aliphatic rings. The molecule has 2 fully saturated rings. The molecule has 6 rings (SSSR count). The lowest BCUT2D eigenvalue weighted by molar-refractivity contribution is -0.384. The van der Waals surface area contributed by atoms with Gasteiger partial charge in [0.2, 0.25) is 5.91 Å². The third-order valence-electron chi connectivity index (χ3n) is 7.63. The zero-order chi connectivity index (χ0) is 31.1. The van der Waals surface area contributed by atoms with Gasteiger partial charge in [0.05, 0.1) is 35.0 Å². The highest BCUT2D eigenvalue weighted by Crippen LogP contribution is 2.49. The molecule has 2 aliphatic heterocycles. The topological polar surface area (TPSA) is 129 Å². The van der Waals surface area contributed by atoms with Gasteiger partial charge >= 0.3 is 5.97 Å². The Morgan fingerprint density at radius 1 is 0.932 bits per heavy atom. The standard InChI is InChI=1S/C32H24ClN3O8/c1-18-23(33)12-7-13-24(18)34-30(37)27-28(35(44-29(27)31(34)38)21-10-6-11-22(17-21)36(40)41)20-14-15-25(26(16-20)42-2)43-32(39)19-8-4-3-5-9-19/h3-17,27-29H,1-2H3/t27-,28+,29+/m1/s1. The second kappa shape index (κ2) is 11.4. The van der Waals surface area contributed by atoms with Crippen LogP contribution in [0.2, 0.25) is 5.02 Å². The molecule has 4 aromatic rings. The molecule has 0 unspecified atom stereocenters. The summed E-state index contributed by atoms with van der Waals surface area (Å²) < 4.78 is 11.1. The van der Waals surface area contributed by atoms with E-state index in [1.807, 2.05) is 0 Å². The van der Waals surface area contributed by atoms with Crippen LogP contribution >= 0.6 is 11.6 Å². The number of nitro groups is 1. The first-order chi connectivity index (χ1) is 21.2. The van der Waals surface area contributed by atoms with E-state index in [-0.39, 0.29) is 22.9 Å². The highest BCUT2D eigenvalue weighted by Gasteiger charge is 2.60. The number of hydrogen-bond donors (Lipinski definition) is 0. The second-order valence-corrected chi connectivity index (χ2v) is 10.6. The number of carbonyl (C=O) groups is 3. The summed E-state index contributed by atoms with van der Waals surface area (Å²) in [6, 6.07) is 22.9. The summed E-state index contributed by atoms with van der Waals surface area (Å²) in [5.74, 6) is -2.43. The maximum absolute atomic E-state index is 14.1. The number of esters is 1. The molecule has 2 heterocycles. The molecule has 2 amide bonds. The monoisotopic (exact) mass is 613 g/mol. The van der Waals surface area contributed by atoms with Crippen molar-refractivity contribution in [2.45, 2.75) is 19.1 Å². The summed E-state index contributed by atoms with van der Waals surface area (Å²) >= 11 is 6.31. The predicted molar refractivity (Wildman–Crippen MR) is 160 cm³/mol. The van der Waals surface area contributed by atoms with Gasteiger partial charge in [0, 0.05) is 17.2 Å². The fraction of sp³-hybridized carbons (Fsp3) is 0.156. The number of non-ortho nitro benzene ring substituents is 1. The predicted octanol–water partition coefficient (Wildman–Crippen LogP) is 5.84. The highest BCUT2D eigenvalue weighted by atomic mass is 35.5. The average molecular weight is 614 g/mol. The van der Waals surface area contributed by atoms with E-state index in [1.54, 1.807) is 73.7 Å². The van der Waals surface area contributed by atoms with E-state index < -0.39 is 40.8 Å². The fourth-order valence-electron chi connectivity index (χ4n) is 5.48. The Morgan fingerprint density at radius 2 is 1.68 bits per heavy atom. The number of benzene rings is 4. The van der Waals surface area contributed by atoms with Crippen molar-refractivity contribution in [3.8, 4) is 11.5 Å². The third-order valence-corrected chi connectivity index (χ3v) is 8.04. The molecule has 0 aliphatic carbocycles. The molecule has 44 heavy (non-hydrogen) atoms. The van der Waals surface area contributed by atoms with Crippen LogP contribution in [0.4, 0.5) is 17.1 Å². The first kappa shape index (κ1) is 28.8. The molecular weight excluding hydrogens is 590 g/mol. The van der Waals surface area contributed by atoms with Crippen molar-refractivity contribution in [1.29, 1.82) is 0 Å². The lowest BCUT2D eigenvalue weighted by atomic mass is 9.90. The van der Waals surface area contributed by atoms with Crippen molar-refractivity contribution >= 4 is 46.4 Å². The Hall–Kier alpha value is -5.26. The molecule has 12 heteroatoms. The number of nitro benzene ring substituents is 1. The van der Waals surface area contributed by atoms with Crippen molar-refractivity contribution < 1.29 is 33.6 Å². The van der Waals surface area contributed by atoms with Gasteiger partial charge in [-0.25, -0.2) is 14.8 Å². The molecule has 0 saturated carbocycles. The third kappa shape index (κ3) is 4.91. The molecule has 0 N–H and O–H groups in total. The van der Waals surface area contributed by atoms with E-state index in [2.05, 4.69) is 0 Å². The Kier molecular flexibility index (Phi) is 7.50. The molecule has 0 radical (unpaired) electrons. The Balaban J connectivity index is 1.42. The molecule has 0 spiro atoms. The van der Waals surface area contributed by atoms with Crippen LogP contribution in [0.15, 0.2) is 91.0 Å². The van der Waals surface area contributed by atoms with Crippen LogP contribution in [0.5, 0.6) is 11.5 Å². The van der Waals surface area contributed by atoms with Crippen LogP contribution in [0.1, 0.15) is 27.5 Å². The molecule has 2 saturated heterocycles. The van der Waals surface area contributed by atoms with Crippen LogP contribution in [-0.4, -0.2) is 35.9 Å². The van der Waals surface area contributed by atoms with Crippen LogP contribution in [0.3, 0.4) is 0 Å². The number of anilines is 2. The van der Waals surface area contributed by atoms with Gasteiger partial charge in [0.25, 0.3) is 11.6 Å². The SMILES string of the molecule is COc1cc([C@H]2[C@H]3C(=O)N(c4cccc(Cl)c4C)C(=O)[C@H]3ON2c2cccc([N+](=O)[O-])c2)ccc1OC(=O)c1ccccc1. The summed E-state index contributed by atoms with van der Waals surface area (Å²) in [6.45, 7) is 1.71. The summed E-state index contributed by atoms with van der Waals surface area (Å²) in [4.78, 5) is 58.8. The minimum atomic E-state index is -1.23. The van der Waals surface area contributed by atoms with E-state index in [0.29, 0.717) is 27.4 Å². The maximum atomic E-state index is 14.1. The van der Waals surface area contributed by atoms with E-state index >= 15 is 0 Å². The zero-order valence-corrected chi connectivity index (χ0v) is 24.1. The van der Waals surface area contributed by atoms with E-state index in [1.165, 1.54) is 36.4 Å². The number of hydroxylamine groups is 1. The fourth-order valence-corrected chi connectivity index (χ4v) is 5.65. The number of fused-ring (bicyclic) bond motifs is 1. The molecule has 3 atom stereocenters. The number of methoxy groups -OCH3 is 1. The van der Waals surface area contributed by atoms with E-state index in [9.17, 15) is 24.5 Å².